The molecule has 1 N–H and O–H groups in total. The molecule has 176 valence electrons. The minimum absolute atomic E-state index is 0. The lowest BCUT2D eigenvalue weighted by Gasteiger charge is -2.41. The fourth-order valence-electron chi connectivity index (χ4n) is 4.34. The Kier molecular flexibility index (Phi) is 7.82. The van der Waals surface area contributed by atoms with Gasteiger partial charge in [-0.2, -0.15) is 0 Å². The molecule has 33 heavy (non-hydrogen) atoms. The normalized spacial score (nSPS) is 24.0. The number of anilines is 2. The van der Waals surface area contributed by atoms with E-state index in [0.29, 0.717) is 12.4 Å². The van der Waals surface area contributed by atoms with Crippen molar-refractivity contribution in [2.75, 3.05) is 23.3 Å². The molecule has 1 spiro atoms. The van der Waals surface area contributed by atoms with E-state index >= 15 is 0 Å². The quantitative estimate of drug-likeness (QED) is 0.467. The van der Waals surface area contributed by atoms with Crippen LogP contribution in [-0.2, 0) is 4.74 Å². The number of nitrogens with zero attached hydrogens (tertiary/aromatic N) is 4. The number of pyridine rings is 2. The van der Waals surface area contributed by atoms with Crippen molar-refractivity contribution in [3.8, 4) is 11.4 Å². The van der Waals surface area contributed by atoms with Crippen LogP contribution in [-0.4, -0.2) is 39.7 Å². The molecule has 1 aliphatic carbocycles. The van der Waals surface area contributed by atoms with E-state index in [1.54, 1.807) is 28.6 Å². The van der Waals surface area contributed by atoms with E-state index in [-0.39, 0.29) is 36.3 Å². The largest absolute Gasteiger partial charge is 0.441 e. The third-order valence-electron chi connectivity index (χ3n) is 6.36. The van der Waals surface area contributed by atoms with E-state index in [2.05, 4.69) is 27.2 Å². The Balaban J connectivity index is 0.00000153. The Bertz CT molecular complexity index is 1060. The smallest absolute Gasteiger partial charge is 0.416 e. The summed E-state index contributed by atoms with van der Waals surface area (Å²) in [6.45, 7) is 3.72. The minimum atomic E-state index is -0.401. The summed E-state index contributed by atoms with van der Waals surface area (Å²) >= 11 is 1.60. The van der Waals surface area contributed by atoms with Gasteiger partial charge in [-0.25, -0.2) is 14.8 Å². The molecule has 3 aromatic heterocycles. The SMILES string of the molecule is C[C@]1(CNc2nc(-c3ccccn3)cs2)CC[C@]2(CC1)CN(c1ccccn1)C(=O)O2.Cl.Cl. The van der Waals surface area contributed by atoms with Gasteiger partial charge >= 0.3 is 6.09 Å². The second-order valence-corrected chi connectivity index (χ2v) is 9.60. The Morgan fingerprint density at radius 2 is 1.76 bits per heavy atom. The highest BCUT2D eigenvalue weighted by Gasteiger charge is 2.50. The number of hydrogen-bond donors (Lipinski definition) is 1. The predicted octanol–water partition coefficient (Wildman–Crippen LogP) is 5.83. The number of carbonyl (C=O) groups is 1. The lowest BCUT2D eigenvalue weighted by Crippen LogP contribution is -2.43. The van der Waals surface area contributed by atoms with E-state index < -0.39 is 5.60 Å². The van der Waals surface area contributed by atoms with Gasteiger partial charge in [-0.3, -0.25) is 9.88 Å². The van der Waals surface area contributed by atoms with Gasteiger partial charge in [0, 0.05) is 24.3 Å². The molecule has 3 aromatic rings. The first kappa shape index (κ1) is 25.2. The molecule has 0 unspecified atom stereocenters. The van der Waals surface area contributed by atoms with Crippen molar-refractivity contribution in [2.45, 2.75) is 38.2 Å². The van der Waals surface area contributed by atoms with Gasteiger partial charge in [-0.05, 0) is 55.4 Å². The fourth-order valence-corrected chi connectivity index (χ4v) is 5.04. The van der Waals surface area contributed by atoms with Crippen molar-refractivity contribution >= 4 is 53.2 Å². The average molecular weight is 508 g/mol. The summed E-state index contributed by atoms with van der Waals surface area (Å²) in [7, 11) is 0. The maximum absolute atomic E-state index is 12.5. The molecule has 7 nitrogen and oxygen atoms in total. The Hall–Kier alpha value is -2.42. The maximum Gasteiger partial charge on any atom is 0.416 e. The predicted molar refractivity (Wildman–Crippen MR) is 136 cm³/mol. The highest BCUT2D eigenvalue weighted by Crippen LogP contribution is 2.45. The summed E-state index contributed by atoms with van der Waals surface area (Å²) in [4.78, 5) is 27.5. The second-order valence-electron chi connectivity index (χ2n) is 8.74. The summed E-state index contributed by atoms with van der Waals surface area (Å²) in [6.07, 6.45) is 6.89. The van der Waals surface area contributed by atoms with Crippen molar-refractivity contribution in [1.29, 1.82) is 0 Å². The summed E-state index contributed by atoms with van der Waals surface area (Å²) in [5, 5.41) is 6.47. The molecule has 1 amide bonds. The number of hydrogen-bond acceptors (Lipinski definition) is 7. The lowest BCUT2D eigenvalue weighted by molar-refractivity contribution is -0.00435. The van der Waals surface area contributed by atoms with Gasteiger partial charge in [0.05, 0.1) is 12.2 Å². The third-order valence-corrected chi connectivity index (χ3v) is 7.16. The van der Waals surface area contributed by atoms with E-state index in [1.165, 1.54) is 0 Å². The molecule has 2 fully saturated rings. The average Bonchev–Trinajstić information content (AvgIpc) is 3.41. The summed E-state index contributed by atoms with van der Waals surface area (Å²) < 4.78 is 5.87. The monoisotopic (exact) mass is 507 g/mol. The number of ether oxygens (including phenoxy) is 1. The second kappa shape index (κ2) is 10.2. The molecule has 4 heterocycles. The molecular formula is C23H27Cl2N5O2S. The van der Waals surface area contributed by atoms with Gasteiger partial charge in [0.1, 0.15) is 17.1 Å². The number of carbonyl (C=O) groups excluding carboxylic acids is 1. The molecule has 10 heteroatoms. The van der Waals surface area contributed by atoms with Gasteiger partial charge in [0.2, 0.25) is 0 Å². The number of aromatic nitrogens is 3. The van der Waals surface area contributed by atoms with Crippen molar-refractivity contribution in [3.63, 3.8) is 0 Å². The van der Waals surface area contributed by atoms with E-state index in [9.17, 15) is 4.79 Å². The number of amides is 1. The standard InChI is InChI=1S/C23H25N5O2S.2ClH/c1-22(15-26-20-27-18(14-31-20)17-6-2-4-12-24-17)8-10-23(11-9-22)16-28(21(29)30-23)19-7-3-5-13-25-19;;/h2-7,12-14H,8-11,15-16H2,1H3,(H,26,27);2*1H/t22-,23-;;. The van der Waals surface area contributed by atoms with Crippen LogP contribution in [0.3, 0.4) is 0 Å². The van der Waals surface area contributed by atoms with Crippen LogP contribution in [0.5, 0.6) is 0 Å². The van der Waals surface area contributed by atoms with E-state index in [0.717, 1.165) is 48.7 Å². The topological polar surface area (TPSA) is 80.2 Å². The zero-order valence-electron chi connectivity index (χ0n) is 18.3. The van der Waals surface area contributed by atoms with Gasteiger partial charge < -0.3 is 10.1 Å². The van der Waals surface area contributed by atoms with Crippen LogP contribution in [0.25, 0.3) is 11.4 Å². The van der Waals surface area contributed by atoms with Crippen LogP contribution in [0.1, 0.15) is 32.6 Å². The molecular weight excluding hydrogens is 481 g/mol. The summed E-state index contributed by atoms with van der Waals surface area (Å²) in [5.41, 5.74) is 1.51. The number of halogens is 2. The Labute approximate surface area is 209 Å². The van der Waals surface area contributed by atoms with Gasteiger partial charge in [-0.15, -0.1) is 36.2 Å². The molecule has 1 saturated heterocycles. The van der Waals surface area contributed by atoms with Gasteiger partial charge in [0.15, 0.2) is 5.13 Å². The maximum atomic E-state index is 12.5. The molecule has 0 aromatic carbocycles. The molecule has 1 aliphatic heterocycles. The Morgan fingerprint density at radius 1 is 1.03 bits per heavy atom. The zero-order chi connectivity index (χ0) is 21.3. The van der Waals surface area contributed by atoms with Gasteiger partial charge in [0.25, 0.3) is 0 Å². The van der Waals surface area contributed by atoms with Crippen LogP contribution < -0.4 is 10.2 Å². The van der Waals surface area contributed by atoms with Crippen LogP contribution >= 0.6 is 36.2 Å². The zero-order valence-corrected chi connectivity index (χ0v) is 20.7. The highest BCUT2D eigenvalue weighted by molar-refractivity contribution is 7.14. The summed E-state index contributed by atoms with van der Waals surface area (Å²) in [6, 6.07) is 11.4. The van der Waals surface area contributed by atoms with Crippen molar-refractivity contribution < 1.29 is 9.53 Å². The molecule has 2 aliphatic rings. The Morgan fingerprint density at radius 3 is 2.42 bits per heavy atom. The fraction of sp³-hybridized carbons (Fsp3) is 0.391. The van der Waals surface area contributed by atoms with E-state index in [4.69, 9.17) is 4.74 Å². The first-order valence-corrected chi connectivity index (χ1v) is 11.4. The number of thiazole rings is 1. The highest BCUT2D eigenvalue weighted by atomic mass is 35.5. The van der Waals surface area contributed by atoms with Crippen molar-refractivity contribution in [3.05, 3.63) is 54.2 Å². The number of rotatable bonds is 5. The van der Waals surface area contributed by atoms with Gasteiger partial charge in [-0.1, -0.05) is 19.1 Å². The molecule has 1 saturated carbocycles. The van der Waals surface area contributed by atoms with Crippen LogP contribution in [0.2, 0.25) is 0 Å². The minimum Gasteiger partial charge on any atom is -0.441 e. The van der Waals surface area contributed by atoms with Crippen molar-refractivity contribution in [1.82, 2.24) is 15.0 Å². The summed E-state index contributed by atoms with van der Waals surface area (Å²) in [5.74, 6) is 0.659. The first-order chi connectivity index (χ1) is 15.0. The third kappa shape index (κ3) is 5.39. The van der Waals surface area contributed by atoms with Crippen LogP contribution in [0.15, 0.2) is 54.2 Å². The molecule has 0 radical (unpaired) electrons. The van der Waals surface area contributed by atoms with Crippen LogP contribution in [0, 0.1) is 5.41 Å². The molecule has 0 atom stereocenters. The van der Waals surface area contributed by atoms with Crippen molar-refractivity contribution in [2.24, 2.45) is 5.41 Å². The molecule has 0 bridgehead atoms. The number of nitrogens with one attached hydrogen (secondary N) is 1. The first-order valence-electron chi connectivity index (χ1n) is 10.6. The van der Waals surface area contributed by atoms with Crippen LogP contribution in [0.4, 0.5) is 15.7 Å². The lowest BCUT2D eigenvalue weighted by atomic mass is 9.69. The van der Waals surface area contributed by atoms with E-state index in [1.807, 2.05) is 41.8 Å². The molecule has 5 rings (SSSR count).